The molecule has 5 nitrogen and oxygen atoms in total. The van der Waals surface area contributed by atoms with Gasteiger partial charge in [-0.1, -0.05) is 38.3 Å². The number of sulfonamides is 1. The standard InChI is InChI=1S/C20H35NO4S.Na/c1-2-3-4-9-14-26(24,25)21-20-17-13-12-16(15-17)18(20)10-7-5-6-8-11-19(22)23;/h5,7,16-18,20-21H,2-4,6,8-15H2,1H3,(H,22,23);/q;+1/p-1/b7-5-;/t16-,17?,18+,20+;/m1./s1. The minimum Gasteiger partial charge on any atom is -0.550 e. The van der Waals surface area contributed by atoms with Gasteiger partial charge in [0.1, 0.15) is 0 Å². The fourth-order valence-corrected chi connectivity index (χ4v) is 6.14. The average Bonchev–Trinajstić information content (AvgIpc) is 3.16. The van der Waals surface area contributed by atoms with Crippen molar-refractivity contribution in [1.82, 2.24) is 4.72 Å². The molecule has 2 saturated carbocycles. The molecule has 2 rings (SSSR count). The van der Waals surface area contributed by atoms with Crippen LogP contribution < -0.4 is 39.4 Å². The Kier molecular flexibility index (Phi) is 11.8. The van der Waals surface area contributed by atoms with E-state index in [1.807, 2.05) is 6.08 Å². The molecule has 0 aromatic rings. The average molecular weight is 408 g/mol. The molecule has 27 heavy (non-hydrogen) atoms. The van der Waals surface area contributed by atoms with Gasteiger partial charge in [0.25, 0.3) is 0 Å². The monoisotopic (exact) mass is 407 g/mol. The van der Waals surface area contributed by atoms with Gasteiger partial charge in [0.05, 0.1) is 5.75 Å². The van der Waals surface area contributed by atoms with Crippen molar-refractivity contribution < 1.29 is 47.9 Å². The van der Waals surface area contributed by atoms with E-state index in [0.29, 0.717) is 24.2 Å². The Morgan fingerprint density at radius 2 is 1.85 bits per heavy atom. The SMILES string of the molecule is CCCCCCS(=O)(=O)N[C@H]1C2CC[C@H](C2)[C@@H]1C/C=C\CCCC(=O)[O-].[Na+]. The second-order valence-corrected chi connectivity index (χ2v) is 9.87. The van der Waals surface area contributed by atoms with Crippen LogP contribution in [-0.2, 0) is 14.8 Å². The van der Waals surface area contributed by atoms with Crippen LogP contribution in [0.1, 0.15) is 77.6 Å². The number of unbranched alkanes of at least 4 members (excludes halogenated alkanes) is 4. The van der Waals surface area contributed by atoms with Crippen molar-refractivity contribution in [2.45, 2.75) is 83.6 Å². The molecule has 2 aliphatic rings. The van der Waals surface area contributed by atoms with E-state index in [2.05, 4.69) is 17.7 Å². The molecule has 0 heterocycles. The number of carboxylic acids is 1. The van der Waals surface area contributed by atoms with Gasteiger partial charge in [-0.15, -0.1) is 0 Å². The smallest absolute Gasteiger partial charge is 0.550 e. The summed E-state index contributed by atoms with van der Waals surface area (Å²) >= 11 is 0. The van der Waals surface area contributed by atoms with Crippen LogP contribution in [0, 0.1) is 17.8 Å². The van der Waals surface area contributed by atoms with Crippen LogP contribution >= 0.6 is 0 Å². The first-order chi connectivity index (χ1) is 12.4. The number of carboxylic acid groups (broad SMARTS) is 1. The Balaban J connectivity index is 0.00000364. The third-order valence-corrected chi connectivity index (χ3v) is 7.45. The van der Waals surface area contributed by atoms with Crippen LogP contribution in [0.5, 0.6) is 0 Å². The summed E-state index contributed by atoms with van der Waals surface area (Å²) in [4.78, 5) is 10.4. The third kappa shape index (κ3) is 8.57. The molecule has 0 aliphatic heterocycles. The maximum absolute atomic E-state index is 12.5. The van der Waals surface area contributed by atoms with Crippen molar-refractivity contribution in [2.75, 3.05) is 5.75 Å². The summed E-state index contributed by atoms with van der Waals surface area (Å²) in [6.45, 7) is 2.12. The van der Waals surface area contributed by atoms with E-state index in [0.717, 1.165) is 51.4 Å². The normalized spacial score (nSPS) is 27.1. The fraction of sp³-hybridized carbons (Fsp3) is 0.850. The number of hydrogen-bond acceptors (Lipinski definition) is 4. The summed E-state index contributed by atoms with van der Waals surface area (Å²) in [6.07, 6.45) is 13.9. The number of fused-ring (bicyclic) bond motifs is 2. The van der Waals surface area contributed by atoms with Crippen LogP contribution in [0.2, 0.25) is 0 Å². The maximum atomic E-state index is 12.5. The predicted octanol–water partition coefficient (Wildman–Crippen LogP) is -0.229. The first-order valence-electron chi connectivity index (χ1n) is 10.3. The second kappa shape index (κ2) is 12.6. The first kappa shape index (κ1) is 25.2. The van der Waals surface area contributed by atoms with Crippen molar-refractivity contribution >= 4 is 16.0 Å². The first-order valence-corrected chi connectivity index (χ1v) is 11.9. The number of hydrogen-bond donors (Lipinski definition) is 1. The molecule has 1 unspecified atom stereocenters. The van der Waals surface area contributed by atoms with Gasteiger partial charge < -0.3 is 9.90 Å². The molecule has 2 fully saturated rings. The molecule has 0 amide bonds. The van der Waals surface area contributed by atoms with Gasteiger partial charge in [-0.25, -0.2) is 13.1 Å². The molecule has 0 saturated heterocycles. The Morgan fingerprint density at radius 1 is 1.11 bits per heavy atom. The van der Waals surface area contributed by atoms with Crippen molar-refractivity contribution in [1.29, 1.82) is 0 Å². The van der Waals surface area contributed by atoms with Crippen molar-refractivity contribution in [3.8, 4) is 0 Å². The number of allylic oxidation sites excluding steroid dienone is 2. The zero-order chi connectivity index (χ0) is 19.0. The maximum Gasteiger partial charge on any atom is 1.00 e. The number of carbonyl (C=O) groups excluding carboxylic acids is 1. The van der Waals surface area contributed by atoms with Crippen LogP contribution in [0.4, 0.5) is 0 Å². The van der Waals surface area contributed by atoms with Crippen molar-refractivity contribution in [3.05, 3.63) is 12.2 Å². The van der Waals surface area contributed by atoms with Gasteiger partial charge in [0.15, 0.2) is 0 Å². The zero-order valence-corrected chi connectivity index (χ0v) is 19.8. The zero-order valence-electron chi connectivity index (χ0n) is 17.0. The Labute approximate surface area is 187 Å². The van der Waals surface area contributed by atoms with Crippen LogP contribution in [-0.4, -0.2) is 26.2 Å². The number of aliphatic carboxylic acids is 1. The van der Waals surface area contributed by atoms with Crippen LogP contribution in [0.3, 0.4) is 0 Å². The van der Waals surface area contributed by atoms with Gasteiger partial charge in [0, 0.05) is 12.0 Å². The predicted molar refractivity (Wildman–Crippen MR) is 102 cm³/mol. The van der Waals surface area contributed by atoms with E-state index in [1.54, 1.807) is 0 Å². The van der Waals surface area contributed by atoms with Crippen LogP contribution in [0.25, 0.3) is 0 Å². The van der Waals surface area contributed by atoms with Gasteiger partial charge in [-0.2, -0.15) is 0 Å². The quantitative estimate of drug-likeness (QED) is 0.260. The summed E-state index contributed by atoms with van der Waals surface area (Å²) in [6, 6.07) is 0.0813. The third-order valence-electron chi connectivity index (χ3n) is 6.00. The van der Waals surface area contributed by atoms with Crippen LogP contribution in [0.15, 0.2) is 12.2 Å². The molecular formula is C20H34NNaO4S. The molecular weight excluding hydrogens is 373 g/mol. The molecule has 7 heteroatoms. The largest absolute Gasteiger partial charge is 1.00 e. The topological polar surface area (TPSA) is 86.3 Å². The number of rotatable bonds is 13. The second-order valence-electron chi connectivity index (χ2n) is 7.99. The fourth-order valence-electron chi connectivity index (χ4n) is 4.65. The van der Waals surface area contributed by atoms with E-state index >= 15 is 0 Å². The molecule has 4 atom stereocenters. The van der Waals surface area contributed by atoms with Crippen molar-refractivity contribution in [2.24, 2.45) is 17.8 Å². The minimum atomic E-state index is -3.20. The summed E-state index contributed by atoms with van der Waals surface area (Å²) in [5.41, 5.74) is 0. The van der Waals surface area contributed by atoms with E-state index in [4.69, 9.17) is 0 Å². The summed E-state index contributed by atoms with van der Waals surface area (Å²) in [7, 11) is -3.20. The van der Waals surface area contributed by atoms with Gasteiger partial charge in [-0.05, 0) is 69.1 Å². The summed E-state index contributed by atoms with van der Waals surface area (Å²) in [5.74, 6) is 0.742. The van der Waals surface area contributed by atoms with E-state index in [9.17, 15) is 18.3 Å². The number of carbonyl (C=O) groups is 1. The van der Waals surface area contributed by atoms with E-state index < -0.39 is 16.0 Å². The summed E-state index contributed by atoms with van der Waals surface area (Å²) in [5, 5.41) is 10.4. The Hall–Kier alpha value is 0.120. The molecule has 0 spiro atoms. The molecule has 0 aromatic heterocycles. The molecule has 2 aliphatic carbocycles. The van der Waals surface area contributed by atoms with Gasteiger partial charge in [-0.3, -0.25) is 0 Å². The molecule has 0 aromatic carbocycles. The molecule has 0 radical (unpaired) electrons. The van der Waals surface area contributed by atoms with Gasteiger partial charge >= 0.3 is 29.6 Å². The Bertz CT molecular complexity index is 579. The Morgan fingerprint density at radius 3 is 2.56 bits per heavy atom. The molecule has 150 valence electrons. The van der Waals surface area contributed by atoms with Crippen molar-refractivity contribution in [3.63, 3.8) is 0 Å². The minimum absolute atomic E-state index is 0. The van der Waals surface area contributed by atoms with E-state index in [1.165, 1.54) is 6.42 Å². The van der Waals surface area contributed by atoms with Gasteiger partial charge in [0.2, 0.25) is 10.0 Å². The number of nitrogens with one attached hydrogen (secondary N) is 1. The molecule has 1 N–H and O–H groups in total. The molecule has 2 bridgehead atoms. The van der Waals surface area contributed by atoms with E-state index in [-0.39, 0.29) is 47.8 Å². The summed E-state index contributed by atoms with van der Waals surface area (Å²) < 4.78 is 28.0.